The maximum absolute atomic E-state index is 11.5. The molecule has 1 amide bonds. The van der Waals surface area contributed by atoms with Crippen LogP contribution < -0.4 is 5.32 Å². The van der Waals surface area contributed by atoms with Crippen molar-refractivity contribution in [3.05, 3.63) is 11.6 Å². The van der Waals surface area contributed by atoms with Crippen molar-refractivity contribution in [2.45, 2.75) is 33.3 Å². The number of hydrogen-bond donors (Lipinski definition) is 1. The number of carbonyl (C=O) groups is 1. The average molecular weight is 266 g/mol. The van der Waals surface area contributed by atoms with Gasteiger partial charge < -0.3 is 9.47 Å². The second-order valence-corrected chi connectivity index (χ2v) is 4.45. The topological polar surface area (TPSA) is 96.1 Å². The zero-order chi connectivity index (χ0) is 15.1. The van der Waals surface area contributed by atoms with E-state index in [2.05, 4.69) is 22.0 Å². The van der Waals surface area contributed by atoms with Crippen molar-refractivity contribution in [3.8, 4) is 6.07 Å². The molecule has 0 rings (SSSR count). The molecule has 0 heterocycles. The Hall–Kier alpha value is -2.36. The maximum atomic E-state index is 11.5. The van der Waals surface area contributed by atoms with Gasteiger partial charge in [0.05, 0.1) is 7.11 Å². The summed E-state index contributed by atoms with van der Waals surface area (Å²) in [6, 6.07) is 1.77. The van der Waals surface area contributed by atoms with Crippen LogP contribution in [0.1, 0.15) is 27.7 Å². The first-order valence-corrected chi connectivity index (χ1v) is 5.44. The molecule has 0 bridgehead atoms. The van der Waals surface area contributed by atoms with Crippen LogP contribution >= 0.6 is 0 Å². The molecular weight excluding hydrogens is 248 g/mol. The molecule has 0 unspecified atom stereocenters. The Labute approximate surface area is 112 Å². The summed E-state index contributed by atoms with van der Waals surface area (Å²) in [5, 5.41) is 11.2. The van der Waals surface area contributed by atoms with Crippen LogP contribution in [0.25, 0.3) is 0 Å². The SMILES string of the molecule is C=N/C(C#N)=C(\N=C(/C)NC(=O)OC(C)(C)C)OC. The minimum atomic E-state index is -0.644. The second-order valence-electron chi connectivity index (χ2n) is 4.45. The van der Waals surface area contributed by atoms with E-state index < -0.39 is 11.7 Å². The van der Waals surface area contributed by atoms with Crippen LogP contribution in [0.3, 0.4) is 0 Å². The number of aliphatic imine (C=N–C) groups is 2. The molecule has 1 N–H and O–H groups in total. The number of nitrogens with one attached hydrogen (secondary N) is 1. The highest BCUT2D eigenvalue weighted by atomic mass is 16.6. The lowest BCUT2D eigenvalue weighted by Gasteiger charge is -2.19. The zero-order valence-corrected chi connectivity index (χ0v) is 11.8. The van der Waals surface area contributed by atoms with Gasteiger partial charge in [0.25, 0.3) is 5.88 Å². The summed E-state index contributed by atoms with van der Waals surface area (Å²) in [5.74, 6) is 0.175. The van der Waals surface area contributed by atoms with E-state index in [9.17, 15) is 4.79 Å². The molecule has 19 heavy (non-hydrogen) atoms. The van der Waals surface area contributed by atoms with E-state index in [0.29, 0.717) is 0 Å². The molecule has 0 aliphatic rings. The number of amidine groups is 1. The monoisotopic (exact) mass is 266 g/mol. The number of nitriles is 1. The van der Waals surface area contributed by atoms with E-state index >= 15 is 0 Å². The fraction of sp³-hybridized carbons (Fsp3) is 0.500. The molecule has 0 saturated heterocycles. The normalized spacial score (nSPS) is 12.9. The van der Waals surface area contributed by atoms with Crippen LogP contribution in [-0.4, -0.2) is 31.4 Å². The lowest BCUT2D eigenvalue weighted by Crippen LogP contribution is -2.35. The van der Waals surface area contributed by atoms with Gasteiger partial charge in [-0.25, -0.2) is 9.79 Å². The van der Waals surface area contributed by atoms with Crippen molar-refractivity contribution in [2.24, 2.45) is 9.98 Å². The first-order chi connectivity index (χ1) is 8.73. The summed E-state index contributed by atoms with van der Waals surface area (Å²) in [7, 11) is 1.34. The fourth-order valence-electron chi connectivity index (χ4n) is 0.978. The summed E-state index contributed by atoms with van der Waals surface area (Å²) in [4.78, 5) is 18.9. The second kappa shape index (κ2) is 7.16. The molecule has 0 aromatic rings. The van der Waals surface area contributed by atoms with Gasteiger partial charge >= 0.3 is 6.09 Å². The minimum Gasteiger partial charge on any atom is -0.479 e. The standard InChI is InChI=1S/C12H18N4O3/c1-8(16-11(17)19-12(2,3)4)15-10(18-6)9(7-13)14-5/h5H2,1-4,6H3,(H,15,16,17)/b10-9+. The minimum absolute atomic E-state index is 0.0361. The van der Waals surface area contributed by atoms with Crippen molar-refractivity contribution >= 4 is 18.6 Å². The number of alkyl carbamates (subject to hydrolysis) is 1. The Kier molecular flexibility index (Phi) is 6.27. The third-order valence-electron chi connectivity index (χ3n) is 1.61. The summed E-state index contributed by atoms with van der Waals surface area (Å²) in [6.07, 6.45) is -0.644. The molecule has 0 spiro atoms. The summed E-state index contributed by atoms with van der Waals surface area (Å²) in [5.41, 5.74) is -0.682. The van der Waals surface area contributed by atoms with Crippen LogP contribution in [0.5, 0.6) is 0 Å². The number of hydrogen-bond acceptors (Lipinski definition) is 6. The highest BCUT2D eigenvalue weighted by Crippen LogP contribution is 2.08. The number of rotatable bonds is 3. The lowest BCUT2D eigenvalue weighted by atomic mass is 10.2. The van der Waals surface area contributed by atoms with E-state index in [1.165, 1.54) is 14.0 Å². The van der Waals surface area contributed by atoms with Gasteiger partial charge in [0.15, 0.2) is 0 Å². The smallest absolute Gasteiger partial charge is 0.413 e. The highest BCUT2D eigenvalue weighted by molar-refractivity contribution is 5.94. The number of nitrogens with zero attached hydrogens (tertiary/aromatic N) is 3. The van der Waals surface area contributed by atoms with Gasteiger partial charge in [0, 0.05) is 0 Å². The number of ether oxygens (including phenoxy) is 2. The largest absolute Gasteiger partial charge is 0.479 e. The molecule has 0 atom stereocenters. The maximum Gasteiger partial charge on any atom is 0.413 e. The van der Waals surface area contributed by atoms with Crippen LogP contribution in [-0.2, 0) is 9.47 Å². The predicted octanol–water partition coefficient (Wildman–Crippen LogP) is 1.97. The number of allylic oxidation sites excluding steroid dienone is 1. The van der Waals surface area contributed by atoms with E-state index in [1.807, 2.05) is 0 Å². The van der Waals surface area contributed by atoms with Crippen molar-refractivity contribution in [1.29, 1.82) is 5.26 Å². The predicted molar refractivity (Wildman–Crippen MR) is 71.7 cm³/mol. The van der Waals surface area contributed by atoms with Crippen molar-refractivity contribution < 1.29 is 14.3 Å². The van der Waals surface area contributed by atoms with E-state index in [-0.39, 0.29) is 17.4 Å². The van der Waals surface area contributed by atoms with Gasteiger partial charge in [-0.05, 0) is 34.4 Å². The van der Waals surface area contributed by atoms with E-state index in [1.54, 1.807) is 26.8 Å². The molecule has 0 aromatic carbocycles. The highest BCUT2D eigenvalue weighted by Gasteiger charge is 2.16. The third kappa shape index (κ3) is 6.83. The van der Waals surface area contributed by atoms with Crippen LogP contribution in [0.4, 0.5) is 4.79 Å². The van der Waals surface area contributed by atoms with Gasteiger partial charge in [-0.1, -0.05) is 0 Å². The molecule has 0 aromatic heterocycles. The Bertz CT molecular complexity index is 453. The first kappa shape index (κ1) is 16.6. The summed E-state index contributed by atoms with van der Waals surface area (Å²) < 4.78 is 9.94. The fourth-order valence-corrected chi connectivity index (χ4v) is 0.978. The van der Waals surface area contributed by atoms with Crippen molar-refractivity contribution in [3.63, 3.8) is 0 Å². The first-order valence-electron chi connectivity index (χ1n) is 5.44. The molecule has 0 fully saturated rings. The molecule has 104 valence electrons. The molecule has 7 heteroatoms. The summed E-state index contributed by atoms with van der Waals surface area (Å²) >= 11 is 0. The molecule has 0 saturated carbocycles. The molecular formula is C12H18N4O3. The van der Waals surface area contributed by atoms with Crippen LogP contribution in [0.15, 0.2) is 21.6 Å². The molecule has 0 aliphatic heterocycles. The van der Waals surface area contributed by atoms with Crippen molar-refractivity contribution in [1.82, 2.24) is 5.32 Å². The molecule has 0 aliphatic carbocycles. The van der Waals surface area contributed by atoms with E-state index in [4.69, 9.17) is 14.7 Å². The Morgan fingerprint density at radius 2 is 2.00 bits per heavy atom. The Balaban J connectivity index is 4.92. The van der Waals surface area contributed by atoms with Crippen LogP contribution in [0.2, 0.25) is 0 Å². The number of methoxy groups -OCH3 is 1. The zero-order valence-electron chi connectivity index (χ0n) is 11.8. The average Bonchev–Trinajstić information content (AvgIpc) is 2.26. The molecule has 7 nitrogen and oxygen atoms in total. The summed E-state index contributed by atoms with van der Waals surface area (Å²) in [6.45, 7) is 9.99. The third-order valence-corrected chi connectivity index (χ3v) is 1.61. The van der Waals surface area contributed by atoms with E-state index in [0.717, 1.165) is 0 Å². The van der Waals surface area contributed by atoms with Gasteiger partial charge in [-0.2, -0.15) is 10.3 Å². The van der Waals surface area contributed by atoms with Gasteiger partial charge in [-0.15, -0.1) is 0 Å². The Morgan fingerprint density at radius 1 is 1.42 bits per heavy atom. The quantitative estimate of drug-likeness (QED) is 0.365. The van der Waals surface area contributed by atoms with Gasteiger partial charge in [-0.3, -0.25) is 5.32 Å². The molecule has 0 radical (unpaired) electrons. The number of carbonyl (C=O) groups excluding carboxylic acids is 1. The van der Waals surface area contributed by atoms with Crippen LogP contribution in [0, 0.1) is 11.3 Å². The number of amides is 1. The lowest BCUT2D eigenvalue weighted by molar-refractivity contribution is 0.0563. The van der Waals surface area contributed by atoms with Gasteiger partial charge in [0.1, 0.15) is 17.5 Å². The van der Waals surface area contributed by atoms with Gasteiger partial charge in [0.2, 0.25) is 5.70 Å². The Morgan fingerprint density at radius 3 is 2.37 bits per heavy atom. The van der Waals surface area contributed by atoms with Crippen molar-refractivity contribution in [2.75, 3.05) is 7.11 Å².